The summed E-state index contributed by atoms with van der Waals surface area (Å²) < 4.78 is 10.9. The van der Waals surface area contributed by atoms with Gasteiger partial charge in [0.1, 0.15) is 11.5 Å². The second-order valence-corrected chi connectivity index (χ2v) is 7.82. The Morgan fingerprint density at radius 3 is 2.47 bits per heavy atom. The number of benzene rings is 2. The maximum Gasteiger partial charge on any atom is 0.233 e. The van der Waals surface area contributed by atoms with Crippen molar-refractivity contribution in [1.29, 1.82) is 0 Å². The van der Waals surface area contributed by atoms with Crippen LogP contribution in [0.4, 0.5) is 10.8 Å². The molecule has 0 unspecified atom stereocenters. The lowest BCUT2D eigenvalue weighted by Gasteiger charge is -2.20. The Morgan fingerprint density at radius 1 is 1.07 bits per heavy atom. The van der Waals surface area contributed by atoms with E-state index >= 15 is 0 Å². The summed E-state index contributed by atoms with van der Waals surface area (Å²) in [5.41, 5.74) is 2.70. The molecule has 0 atom stereocenters. The molecule has 0 saturated heterocycles. The molecule has 3 aromatic rings. The molecule has 0 saturated carbocycles. The van der Waals surface area contributed by atoms with Crippen molar-refractivity contribution in [3.8, 4) is 22.8 Å². The van der Waals surface area contributed by atoms with E-state index in [1.807, 2.05) is 62.4 Å². The topological polar surface area (TPSA) is 51.7 Å². The van der Waals surface area contributed by atoms with Crippen LogP contribution < -0.4 is 14.4 Å². The van der Waals surface area contributed by atoms with Crippen LogP contribution in [-0.2, 0) is 11.2 Å². The molecule has 0 radical (unpaired) electrons. The monoisotopic (exact) mass is 424 g/mol. The number of hydrogen-bond acceptors (Lipinski definition) is 5. The summed E-state index contributed by atoms with van der Waals surface area (Å²) >= 11 is 1.56. The van der Waals surface area contributed by atoms with E-state index < -0.39 is 0 Å². The summed E-state index contributed by atoms with van der Waals surface area (Å²) in [5, 5.41) is 0.683. The van der Waals surface area contributed by atoms with Crippen LogP contribution in [0, 0.1) is 0 Å². The predicted octanol–water partition coefficient (Wildman–Crippen LogP) is 6.24. The zero-order valence-electron chi connectivity index (χ0n) is 18.0. The van der Waals surface area contributed by atoms with Crippen molar-refractivity contribution in [1.82, 2.24) is 4.98 Å². The minimum Gasteiger partial charge on any atom is -0.497 e. The van der Waals surface area contributed by atoms with Gasteiger partial charge in [0, 0.05) is 22.9 Å². The summed E-state index contributed by atoms with van der Waals surface area (Å²) in [7, 11) is 1.62. The van der Waals surface area contributed by atoms with Crippen molar-refractivity contribution in [3.63, 3.8) is 0 Å². The standard InChI is InChI=1S/C24H28N2O3S/c1-5-9-22(27)26(18-10-8-11-20(16-18)28-4)24-25-23(21(6-2)30-24)17-12-14-19(15-13-17)29-7-3/h8,10-16H,5-7,9H2,1-4H3. The van der Waals surface area contributed by atoms with Gasteiger partial charge in [-0.25, -0.2) is 4.98 Å². The van der Waals surface area contributed by atoms with Crippen molar-refractivity contribution in [2.75, 3.05) is 18.6 Å². The van der Waals surface area contributed by atoms with Crippen molar-refractivity contribution in [2.24, 2.45) is 0 Å². The number of aryl methyl sites for hydroxylation is 1. The average Bonchev–Trinajstić information content (AvgIpc) is 3.19. The van der Waals surface area contributed by atoms with Crippen LogP contribution in [0.15, 0.2) is 48.5 Å². The largest absolute Gasteiger partial charge is 0.497 e. The third-order valence-electron chi connectivity index (χ3n) is 4.66. The van der Waals surface area contributed by atoms with Gasteiger partial charge in [0.15, 0.2) is 5.13 Å². The minimum absolute atomic E-state index is 0.0281. The first kappa shape index (κ1) is 21.8. The summed E-state index contributed by atoms with van der Waals surface area (Å²) in [6, 6.07) is 15.5. The van der Waals surface area contributed by atoms with Gasteiger partial charge in [0.2, 0.25) is 5.91 Å². The van der Waals surface area contributed by atoms with Crippen LogP contribution >= 0.6 is 11.3 Å². The number of aromatic nitrogens is 1. The van der Waals surface area contributed by atoms with E-state index in [2.05, 4.69) is 6.92 Å². The van der Waals surface area contributed by atoms with E-state index in [0.29, 0.717) is 23.9 Å². The highest BCUT2D eigenvalue weighted by Gasteiger charge is 2.23. The zero-order chi connectivity index (χ0) is 21.5. The molecule has 3 rings (SSSR count). The van der Waals surface area contributed by atoms with Gasteiger partial charge in [-0.1, -0.05) is 19.9 Å². The number of nitrogens with zero attached hydrogens (tertiary/aromatic N) is 2. The number of ether oxygens (including phenoxy) is 2. The Balaban J connectivity index is 2.04. The van der Waals surface area contributed by atoms with Crippen LogP contribution in [0.5, 0.6) is 11.5 Å². The smallest absolute Gasteiger partial charge is 0.233 e. The highest BCUT2D eigenvalue weighted by atomic mass is 32.1. The van der Waals surface area contributed by atoms with E-state index in [0.717, 1.165) is 40.4 Å². The van der Waals surface area contributed by atoms with Gasteiger partial charge in [0.25, 0.3) is 0 Å². The summed E-state index contributed by atoms with van der Waals surface area (Å²) in [6.45, 7) is 6.72. The molecule has 1 aromatic heterocycles. The molecule has 0 aliphatic heterocycles. The maximum absolute atomic E-state index is 13.0. The molecular weight excluding hydrogens is 396 g/mol. The van der Waals surface area contributed by atoms with Gasteiger partial charge in [-0.15, -0.1) is 11.3 Å². The lowest BCUT2D eigenvalue weighted by atomic mass is 10.1. The second-order valence-electron chi connectivity index (χ2n) is 6.76. The van der Waals surface area contributed by atoms with Gasteiger partial charge < -0.3 is 9.47 Å². The van der Waals surface area contributed by atoms with Crippen LogP contribution in [-0.4, -0.2) is 24.6 Å². The molecule has 0 aliphatic rings. The summed E-state index contributed by atoms with van der Waals surface area (Å²) in [4.78, 5) is 20.8. The van der Waals surface area contributed by atoms with E-state index in [9.17, 15) is 4.79 Å². The van der Waals surface area contributed by atoms with Gasteiger partial charge in [-0.05, 0) is 56.2 Å². The first-order valence-electron chi connectivity index (χ1n) is 10.3. The number of carbonyl (C=O) groups is 1. The molecule has 2 aromatic carbocycles. The Hall–Kier alpha value is -2.86. The Labute approximate surface area is 182 Å². The molecule has 6 heteroatoms. The Morgan fingerprint density at radius 2 is 1.83 bits per heavy atom. The van der Waals surface area contributed by atoms with Crippen molar-refractivity contribution < 1.29 is 14.3 Å². The highest BCUT2D eigenvalue weighted by Crippen LogP contribution is 2.38. The van der Waals surface area contributed by atoms with Crippen LogP contribution in [0.25, 0.3) is 11.3 Å². The number of hydrogen-bond donors (Lipinski definition) is 0. The van der Waals surface area contributed by atoms with E-state index in [1.54, 1.807) is 23.3 Å². The number of thiazole rings is 1. The molecule has 0 aliphatic carbocycles. The van der Waals surface area contributed by atoms with E-state index in [-0.39, 0.29) is 5.91 Å². The van der Waals surface area contributed by atoms with Gasteiger partial charge in [-0.3, -0.25) is 9.69 Å². The lowest BCUT2D eigenvalue weighted by Crippen LogP contribution is -2.25. The predicted molar refractivity (Wildman–Crippen MR) is 123 cm³/mol. The van der Waals surface area contributed by atoms with Gasteiger partial charge in [-0.2, -0.15) is 0 Å². The molecule has 0 spiro atoms. The lowest BCUT2D eigenvalue weighted by molar-refractivity contribution is -0.117. The number of anilines is 2. The number of methoxy groups -OCH3 is 1. The highest BCUT2D eigenvalue weighted by molar-refractivity contribution is 7.16. The van der Waals surface area contributed by atoms with Gasteiger partial charge >= 0.3 is 0 Å². The normalized spacial score (nSPS) is 10.7. The Bertz CT molecular complexity index is 982. The van der Waals surface area contributed by atoms with E-state index in [4.69, 9.17) is 14.5 Å². The fourth-order valence-electron chi connectivity index (χ4n) is 3.21. The number of rotatable bonds is 9. The molecule has 1 heterocycles. The molecule has 1 amide bonds. The van der Waals surface area contributed by atoms with E-state index in [1.165, 1.54) is 0 Å². The second kappa shape index (κ2) is 10.3. The fourth-order valence-corrected chi connectivity index (χ4v) is 4.27. The Kier molecular flexibility index (Phi) is 7.46. The number of carbonyl (C=O) groups excluding carboxylic acids is 1. The molecular formula is C24H28N2O3S. The van der Waals surface area contributed by atoms with Crippen molar-refractivity contribution in [2.45, 2.75) is 40.0 Å². The van der Waals surface area contributed by atoms with Crippen LogP contribution in [0.1, 0.15) is 38.5 Å². The fraction of sp³-hybridized carbons (Fsp3) is 0.333. The summed E-state index contributed by atoms with van der Waals surface area (Å²) in [5.74, 6) is 1.58. The van der Waals surface area contributed by atoms with Gasteiger partial charge in [0.05, 0.1) is 25.1 Å². The molecule has 30 heavy (non-hydrogen) atoms. The van der Waals surface area contributed by atoms with Crippen molar-refractivity contribution in [3.05, 3.63) is 53.4 Å². The molecule has 5 nitrogen and oxygen atoms in total. The average molecular weight is 425 g/mol. The zero-order valence-corrected chi connectivity index (χ0v) is 18.8. The third kappa shape index (κ3) is 4.82. The molecule has 158 valence electrons. The first-order chi connectivity index (χ1) is 14.6. The third-order valence-corrected chi connectivity index (χ3v) is 5.85. The maximum atomic E-state index is 13.0. The molecule has 0 fully saturated rings. The number of amides is 1. The molecule has 0 N–H and O–H groups in total. The summed E-state index contributed by atoms with van der Waals surface area (Å²) in [6.07, 6.45) is 2.07. The van der Waals surface area contributed by atoms with Crippen molar-refractivity contribution >= 4 is 28.1 Å². The molecule has 0 bridgehead atoms. The minimum atomic E-state index is 0.0281. The van der Waals surface area contributed by atoms with Crippen LogP contribution in [0.2, 0.25) is 0 Å². The SMILES string of the molecule is CCCC(=O)N(c1cccc(OC)c1)c1nc(-c2ccc(OCC)cc2)c(CC)s1. The first-order valence-corrected chi connectivity index (χ1v) is 11.1. The van der Waals surface area contributed by atoms with Crippen LogP contribution in [0.3, 0.4) is 0 Å². The quantitative estimate of drug-likeness (QED) is 0.408.